The van der Waals surface area contributed by atoms with E-state index in [1.165, 1.54) is 0 Å². The summed E-state index contributed by atoms with van der Waals surface area (Å²) in [5.41, 5.74) is 6.43. The highest BCUT2D eigenvalue weighted by Crippen LogP contribution is 2.33. The lowest BCUT2D eigenvalue weighted by molar-refractivity contribution is -0.117. The lowest BCUT2D eigenvalue weighted by Crippen LogP contribution is -2.29. The predicted octanol–water partition coefficient (Wildman–Crippen LogP) is 3.85. The quantitative estimate of drug-likeness (QED) is 0.655. The average molecular weight is 422 g/mol. The first-order valence-corrected chi connectivity index (χ1v) is 10.6. The molecular formula is C26H22N4O2. The van der Waals surface area contributed by atoms with Crippen molar-refractivity contribution in [3.05, 3.63) is 102 Å². The lowest BCUT2D eigenvalue weighted by atomic mass is 10.0. The number of pyridine rings is 2. The second-order valence-corrected chi connectivity index (χ2v) is 7.89. The largest absolute Gasteiger partial charge is 0.348 e. The topological polar surface area (TPSA) is 75.2 Å². The van der Waals surface area contributed by atoms with Crippen LogP contribution in [0.3, 0.4) is 0 Å². The second-order valence-electron chi connectivity index (χ2n) is 7.89. The molecule has 0 saturated heterocycles. The number of hydrogen-bond acceptors (Lipinski definition) is 4. The van der Waals surface area contributed by atoms with E-state index in [4.69, 9.17) is 0 Å². The van der Waals surface area contributed by atoms with Gasteiger partial charge in [-0.05, 0) is 53.5 Å². The van der Waals surface area contributed by atoms with Gasteiger partial charge in [-0.2, -0.15) is 0 Å². The number of carbonyl (C=O) groups excluding carboxylic acids is 2. The molecule has 0 bridgehead atoms. The Labute approximate surface area is 186 Å². The summed E-state index contributed by atoms with van der Waals surface area (Å²) in [4.78, 5) is 35.4. The maximum atomic E-state index is 12.6. The standard InChI is InChI=1S/C26H22N4O2/c31-25(13-18-3-1-4-18)30-12-10-21-14-20(7-9-24(21)30)23-8-6-22(17-28-23)26(32)29-16-19-5-2-11-27-15-19/h1-9,11,14-15,17H,10,12-13,16H2,(H,29,32). The Morgan fingerprint density at radius 2 is 2.00 bits per heavy atom. The minimum absolute atomic E-state index is 0.131. The van der Waals surface area contributed by atoms with Crippen molar-refractivity contribution >= 4 is 17.5 Å². The number of nitrogens with one attached hydrogen (secondary N) is 1. The number of carbonyl (C=O) groups is 2. The van der Waals surface area contributed by atoms with E-state index in [0.717, 1.165) is 40.1 Å². The average Bonchev–Trinajstić information content (AvgIpc) is 3.24. The molecule has 0 spiro atoms. The van der Waals surface area contributed by atoms with Gasteiger partial charge >= 0.3 is 0 Å². The van der Waals surface area contributed by atoms with Gasteiger partial charge in [0.25, 0.3) is 5.91 Å². The summed E-state index contributed by atoms with van der Waals surface area (Å²) < 4.78 is 0. The molecule has 1 aliphatic heterocycles. The molecule has 6 nitrogen and oxygen atoms in total. The SMILES string of the molecule is O=C(NCc1cccnc1)c1ccc(-c2ccc3c(c2)CCN3C(=O)CC2=CC=C2)nc1. The number of fused-ring (bicyclic) bond motifs is 1. The normalized spacial score (nSPS) is 13.9. The van der Waals surface area contributed by atoms with Crippen molar-refractivity contribution in [1.82, 2.24) is 15.3 Å². The van der Waals surface area contributed by atoms with E-state index in [9.17, 15) is 9.59 Å². The molecule has 1 N–H and O–H groups in total. The van der Waals surface area contributed by atoms with Crippen molar-refractivity contribution in [2.45, 2.75) is 19.4 Å². The Hall–Kier alpha value is -4.06. The van der Waals surface area contributed by atoms with E-state index in [1.807, 2.05) is 53.5 Å². The molecule has 2 aromatic heterocycles. The van der Waals surface area contributed by atoms with Gasteiger partial charge in [0.2, 0.25) is 5.91 Å². The van der Waals surface area contributed by atoms with E-state index in [-0.39, 0.29) is 11.8 Å². The summed E-state index contributed by atoms with van der Waals surface area (Å²) in [6.45, 7) is 1.13. The summed E-state index contributed by atoms with van der Waals surface area (Å²) in [5.74, 6) is -0.0423. The zero-order valence-corrected chi connectivity index (χ0v) is 17.5. The van der Waals surface area contributed by atoms with Crippen molar-refractivity contribution in [1.29, 1.82) is 0 Å². The number of aromatic nitrogens is 2. The van der Waals surface area contributed by atoms with Crippen molar-refractivity contribution < 1.29 is 9.59 Å². The van der Waals surface area contributed by atoms with Crippen LogP contribution in [0.4, 0.5) is 5.69 Å². The summed E-state index contributed by atoms with van der Waals surface area (Å²) in [6.07, 6.45) is 12.2. The van der Waals surface area contributed by atoms with Crippen LogP contribution in [0.1, 0.15) is 27.9 Å². The molecule has 3 heterocycles. The van der Waals surface area contributed by atoms with Crippen molar-refractivity contribution in [2.24, 2.45) is 0 Å². The van der Waals surface area contributed by atoms with E-state index in [2.05, 4.69) is 21.4 Å². The Kier molecular flexibility index (Phi) is 5.34. The van der Waals surface area contributed by atoms with Crippen LogP contribution < -0.4 is 10.2 Å². The van der Waals surface area contributed by atoms with E-state index in [1.54, 1.807) is 24.7 Å². The highest BCUT2D eigenvalue weighted by molar-refractivity contribution is 5.98. The fourth-order valence-electron chi connectivity index (χ4n) is 3.93. The molecule has 5 rings (SSSR count). The van der Waals surface area contributed by atoms with Gasteiger partial charge in [-0.1, -0.05) is 30.4 Å². The number of nitrogens with zero attached hydrogens (tertiary/aromatic N) is 3. The zero-order chi connectivity index (χ0) is 21.9. The van der Waals surface area contributed by atoms with Gasteiger partial charge in [-0.25, -0.2) is 0 Å². The molecule has 6 heteroatoms. The number of hydrogen-bond donors (Lipinski definition) is 1. The third kappa shape index (κ3) is 4.07. The van der Waals surface area contributed by atoms with Gasteiger partial charge < -0.3 is 10.2 Å². The molecule has 2 aliphatic rings. The molecule has 1 aromatic carbocycles. The molecule has 0 radical (unpaired) electrons. The molecule has 3 aromatic rings. The summed E-state index contributed by atoms with van der Waals surface area (Å²) in [6, 6.07) is 13.5. The predicted molar refractivity (Wildman–Crippen MR) is 123 cm³/mol. The summed E-state index contributed by atoms with van der Waals surface area (Å²) in [5, 5.41) is 2.88. The first kappa shape index (κ1) is 19.9. The van der Waals surface area contributed by atoms with Gasteiger partial charge in [0.1, 0.15) is 0 Å². The monoisotopic (exact) mass is 422 g/mol. The lowest BCUT2D eigenvalue weighted by Gasteiger charge is -2.19. The van der Waals surface area contributed by atoms with Crippen LogP contribution in [0.15, 0.2) is 84.9 Å². The molecule has 0 saturated carbocycles. The Bertz CT molecular complexity index is 1230. The number of anilines is 1. The number of rotatable bonds is 6. The fourth-order valence-corrected chi connectivity index (χ4v) is 3.93. The third-order valence-corrected chi connectivity index (χ3v) is 5.75. The molecule has 158 valence electrons. The molecule has 0 atom stereocenters. The highest BCUT2D eigenvalue weighted by Gasteiger charge is 2.25. The van der Waals surface area contributed by atoms with E-state index in [0.29, 0.717) is 25.1 Å². The van der Waals surface area contributed by atoms with Crippen LogP contribution in [-0.2, 0) is 17.8 Å². The van der Waals surface area contributed by atoms with E-state index < -0.39 is 0 Å². The van der Waals surface area contributed by atoms with Gasteiger partial charge in [-0.3, -0.25) is 19.6 Å². The third-order valence-electron chi connectivity index (χ3n) is 5.75. The molecule has 0 unspecified atom stereocenters. The molecule has 0 fully saturated rings. The number of benzene rings is 1. The molecule has 32 heavy (non-hydrogen) atoms. The second kappa shape index (κ2) is 8.59. The number of allylic oxidation sites excluding steroid dienone is 3. The summed E-state index contributed by atoms with van der Waals surface area (Å²) >= 11 is 0. The first-order chi connectivity index (χ1) is 15.7. The maximum absolute atomic E-state index is 12.6. The molecule has 2 amide bonds. The van der Waals surface area contributed by atoms with Gasteiger partial charge in [0.05, 0.1) is 17.7 Å². The van der Waals surface area contributed by atoms with Gasteiger partial charge in [0, 0.05) is 42.9 Å². The van der Waals surface area contributed by atoms with Crippen LogP contribution in [0, 0.1) is 0 Å². The Morgan fingerprint density at radius 1 is 1.09 bits per heavy atom. The minimum atomic E-state index is -0.174. The van der Waals surface area contributed by atoms with Crippen LogP contribution in [0.2, 0.25) is 0 Å². The number of amides is 2. The minimum Gasteiger partial charge on any atom is -0.348 e. The van der Waals surface area contributed by atoms with Crippen LogP contribution >= 0.6 is 0 Å². The zero-order valence-electron chi connectivity index (χ0n) is 17.5. The molecule has 1 aliphatic carbocycles. The fraction of sp³-hybridized carbons (Fsp3) is 0.154. The Morgan fingerprint density at radius 3 is 2.72 bits per heavy atom. The van der Waals surface area contributed by atoms with Crippen LogP contribution in [0.25, 0.3) is 11.3 Å². The van der Waals surface area contributed by atoms with Crippen LogP contribution in [-0.4, -0.2) is 28.3 Å². The first-order valence-electron chi connectivity index (χ1n) is 10.6. The van der Waals surface area contributed by atoms with E-state index >= 15 is 0 Å². The van der Waals surface area contributed by atoms with Crippen LogP contribution in [0.5, 0.6) is 0 Å². The molecular weight excluding hydrogens is 400 g/mol. The van der Waals surface area contributed by atoms with Crippen molar-refractivity contribution in [3.63, 3.8) is 0 Å². The maximum Gasteiger partial charge on any atom is 0.253 e. The van der Waals surface area contributed by atoms with Gasteiger partial charge in [-0.15, -0.1) is 0 Å². The summed E-state index contributed by atoms with van der Waals surface area (Å²) in [7, 11) is 0. The smallest absolute Gasteiger partial charge is 0.253 e. The van der Waals surface area contributed by atoms with Crippen molar-refractivity contribution in [2.75, 3.05) is 11.4 Å². The van der Waals surface area contributed by atoms with Crippen molar-refractivity contribution in [3.8, 4) is 11.3 Å². The van der Waals surface area contributed by atoms with Gasteiger partial charge in [0.15, 0.2) is 0 Å². The Balaban J connectivity index is 1.25. The highest BCUT2D eigenvalue weighted by atomic mass is 16.2.